The van der Waals surface area contributed by atoms with E-state index in [1.54, 1.807) is 28.0 Å². The number of nitrogens with zero attached hydrogens (tertiary/aromatic N) is 6. The molecule has 0 aliphatic heterocycles. The van der Waals surface area contributed by atoms with Crippen LogP contribution in [0.25, 0.3) is 17.0 Å². The second-order valence-electron chi connectivity index (χ2n) is 7.17. The molecule has 0 saturated carbocycles. The lowest BCUT2D eigenvalue weighted by atomic mass is 10.2. The maximum atomic E-state index is 12.7. The zero-order valence-electron chi connectivity index (χ0n) is 16.6. The summed E-state index contributed by atoms with van der Waals surface area (Å²) < 4.78 is 6.41. The van der Waals surface area contributed by atoms with E-state index in [1.807, 2.05) is 60.2 Å². The summed E-state index contributed by atoms with van der Waals surface area (Å²) in [7, 11) is 0. The van der Waals surface area contributed by atoms with Gasteiger partial charge in [0.05, 0.1) is 21.7 Å². The van der Waals surface area contributed by atoms with Gasteiger partial charge >= 0.3 is 0 Å². The van der Waals surface area contributed by atoms with Gasteiger partial charge in [0.15, 0.2) is 5.65 Å². The van der Waals surface area contributed by atoms with Gasteiger partial charge in [-0.05, 0) is 59.3 Å². The van der Waals surface area contributed by atoms with E-state index in [0.29, 0.717) is 17.9 Å². The molecule has 5 rings (SSSR count). The van der Waals surface area contributed by atoms with Crippen LogP contribution in [0.1, 0.15) is 21.6 Å². The second-order valence-corrected chi connectivity index (χ2v) is 8.41. The molecule has 1 aromatic carbocycles. The molecule has 5 aromatic rings. The molecule has 0 spiro atoms. The van der Waals surface area contributed by atoms with Gasteiger partial charge in [-0.15, -0.1) is 0 Å². The van der Waals surface area contributed by atoms with Crippen molar-refractivity contribution in [3.63, 3.8) is 0 Å². The lowest BCUT2D eigenvalue weighted by molar-refractivity contribution is 0.0946. The minimum Gasteiger partial charge on any atom is -0.346 e. The van der Waals surface area contributed by atoms with Gasteiger partial charge in [0, 0.05) is 36.9 Å². The van der Waals surface area contributed by atoms with E-state index in [2.05, 4.69) is 49.2 Å². The van der Waals surface area contributed by atoms with Crippen molar-refractivity contribution in [2.45, 2.75) is 13.5 Å². The molecule has 0 unspecified atom stereocenters. The minimum absolute atomic E-state index is 0.243. The van der Waals surface area contributed by atoms with E-state index in [1.165, 1.54) is 5.56 Å². The summed E-state index contributed by atoms with van der Waals surface area (Å²) in [6.45, 7) is 2.41. The number of rotatable bonds is 5. The highest BCUT2D eigenvalue weighted by atomic mass is 127. The first kappa shape index (κ1) is 19.5. The average molecular weight is 523 g/mol. The van der Waals surface area contributed by atoms with Gasteiger partial charge < -0.3 is 9.72 Å². The zero-order chi connectivity index (χ0) is 21.4. The van der Waals surface area contributed by atoms with Gasteiger partial charge in [0.25, 0.3) is 5.91 Å². The molecule has 154 valence electrons. The Morgan fingerprint density at radius 1 is 1.06 bits per heavy atom. The molecule has 1 amide bonds. The van der Waals surface area contributed by atoms with Crippen LogP contribution in [0.2, 0.25) is 0 Å². The number of hydrogen-bond donors (Lipinski definition) is 1. The van der Waals surface area contributed by atoms with Crippen molar-refractivity contribution in [2.75, 3.05) is 0 Å². The number of benzene rings is 1. The number of fused-ring (bicyclic) bond motifs is 1. The molecule has 0 aliphatic carbocycles. The Hall–Kier alpha value is -3.47. The molecule has 9 heteroatoms. The normalized spacial score (nSPS) is 11.2. The van der Waals surface area contributed by atoms with Crippen LogP contribution in [0.4, 0.5) is 0 Å². The van der Waals surface area contributed by atoms with E-state index in [-0.39, 0.29) is 5.91 Å². The van der Waals surface area contributed by atoms with Gasteiger partial charge in [-0.3, -0.25) is 4.79 Å². The van der Waals surface area contributed by atoms with E-state index >= 15 is 0 Å². The predicted molar refractivity (Wildman–Crippen MR) is 125 cm³/mol. The average Bonchev–Trinajstić information content (AvgIpc) is 3.51. The number of carbonyl (C=O) groups is 1. The molecular formula is C22H18IN7O. The highest BCUT2D eigenvalue weighted by molar-refractivity contribution is 14.1. The lowest BCUT2D eigenvalue weighted by Gasteiger charge is -2.02. The number of amides is 1. The third-order valence-corrected chi connectivity index (χ3v) is 5.41. The predicted octanol–water partition coefficient (Wildman–Crippen LogP) is 3.55. The molecule has 0 atom stereocenters. The summed E-state index contributed by atoms with van der Waals surface area (Å²) in [5, 5.41) is 11.7. The van der Waals surface area contributed by atoms with Crippen LogP contribution in [0.5, 0.6) is 0 Å². The van der Waals surface area contributed by atoms with Crippen LogP contribution in [-0.4, -0.2) is 34.9 Å². The summed E-state index contributed by atoms with van der Waals surface area (Å²) in [5.41, 5.74) is 4.88. The van der Waals surface area contributed by atoms with Crippen molar-refractivity contribution >= 4 is 34.1 Å². The Balaban J connectivity index is 1.33. The first-order valence-electron chi connectivity index (χ1n) is 9.64. The van der Waals surface area contributed by atoms with Crippen molar-refractivity contribution in [3.05, 3.63) is 94.0 Å². The van der Waals surface area contributed by atoms with E-state index in [0.717, 1.165) is 20.5 Å². The fourth-order valence-corrected chi connectivity index (χ4v) is 3.74. The first-order chi connectivity index (χ1) is 15.1. The smallest absolute Gasteiger partial charge is 0.271 e. The van der Waals surface area contributed by atoms with Crippen LogP contribution in [0.15, 0.2) is 73.6 Å². The van der Waals surface area contributed by atoms with Crippen LogP contribution >= 0.6 is 22.6 Å². The molecule has 31 heavy (non-hydrogen) atoms. The quantitative estimate of drug-likeness (QED) is 0.358. The van der Waals surface area contributed by atoms with E-state index in [9.17, 15) is 4.79 Å². The monoisotopic (exact) mass is 523 g/mol. The molecule has 0 fully saturated rings. The van der Waals surface area contributed by atoms with Crippen molar-refractivity contribution in [2.24, 2.45) is 0 Å². The van der Waals surface area contributed by atoms with Crippen molar-refractivity contribution in [1.29, 1.82) is 0 Å². The Labute approximate surface area is 191 Å². The first-order valence-corrected chi connectivity index (χ1v) is 10.7. The van der Waals surface area contributed by atoms with E-state index < -0.39 is 0 Å². The molecule has 8 nitrogen and oxygen atoms in total. The number of pyridine rings is 1. The van der Waals surface area contributed by atoms with Gasteiger partial charge in [-0.1, -0.05) is 12.1 Å². The summed E-state index contributed by atoms with van der Waals surface area (Å²) in [6, 6.07) is 11.9. The molecule has 0 bridgehead atoms. The highest BCUT2D eigenvalue weighted by Gasteiger charge is 2.14. The number of carbonyl (C=O) groups excluding carboxylic acids is 1. The summed E-state index contributed by atoms with van der Waals surface area (Å²) in [4.78, 5) is 17.3. The van der Waals surface area contributed by atoms with Gasteiger partial charge in [0.1, 0.15) is 11.4 Å². The zero-order valence-corrected chi connectivity index (χ0v) is 18.8. The van der Waals surface area contributed by atoms with Crippen LogP contribution < -0.4 is 5.32 Å². The molecule has 0 aliphatic rings. The number of aromatic nitrogens is 6. The van der Waals surface area contributed by atoms with Crippen LogP contribution in [0.3, 0.4) is 0 Å². The Morgan fingerprint density at radius 2 is 1.94 bits per heavy atom. The summed E-state index contributed by atoms with van der Waals surface area (Å²) >= 11 is 2.21. The molecular weight excluding hydrogens is 505 g/mol. The third kappa shape index (κ3) is 3.96. The fraction of sp³-hybridized carbons (Fsp3) is 0.0909. The topological polar surface area (TPSA) is 82.0 Å². The Morgan fingerprint density at radius 3 is 2.74 bits per heavy atom. The van der Waals surface area contributed by atoms with Crippen molar-refractivity contribution in [1.82, 2.24) is 34.3 Å². The minimum atomic E-state index is -0.243. The fourth-order valence-electron chi connectivity index (χ4n) is 3.35. The lowest BCUT2D eigenvalue weighted by Crippen LogP contribution is -2.22. The molecule has 0 saturated heterocycles. The van der Waals surface area contributed by atoms with Gasteiger partial charge in [-0.25, -0.2) is 14.3 Å². The standard InChI is InChI=1S/C22H18IN7O/c1-15-4-2-5-18(8-15)29-12-16(10-25-29)9-24-22(31)19-14-28-7-3-6-20(21(28)27-19)30-13-17(23)11-26-30/h2-8,10-14H,9H2,1H3,(H,24,31). The van der Waals surface area contributed by atoms with Gasteiger partial charge in [-0.2, -0.15) is 10.2 Å². The highest BCUT2D eigenvalue weighted by Crippen LogP contribution is 2.17. The molecule has 4 aromatic heterocycles. The summed E-state index contributed by atoms with van der Waals surface area (Å²) in [6.07, 6.45) is 10.9. The molecule has 4 heterocycles. The maximum absolute atomic E-state index is 12.7. The Bertz CT molecular complexity index is 1400. The molecule has 1 N–H and O–H groups in total. The largest absolute Gasteiger partial charge is 0.346 e. The van der Waals surface area contributed by atoms with Crippen LogP contribution in [0, 0.1) is 10.5 Å². The summed E-state index contributed by atoms with van der Waals surface area (Å²) in [5.74, 6) is -0.243. The van der Waals surface area contributed by atoms with Crippen molar-refractivity contribution < 1.29 is 4.79 Å². The number of aryl methyl sites for hydroxylation is 1. The second kappa shape index (κ2) is 7.99. The van der Waals surface area contributed by atoms with E-state index in [4.69, 9.17) is 0 Å². The number of imidazole rings is 1. The third-order valence-electron chi connectivity index (χ3n) is 4.85. The van der Waals surface area contributed by atoms with Crippen molar-refractivity contribution in [3.8, 4) is 11.4 Å². The number of nitrogens with one attached hydrogen (secondary N) is 1. The maximum Gasteiger partial charge on any atom is 0.271 e. The number of hydrogen-bond acceptors (Lipinski definition) is 4. The number of halogens is 1. The van der Waals surface area contributed by atoms with Crippen LogP contribution in [-0.2, 0) is 6.54 Å². The van der Waals surface area contributed by atoms with Gasteiger partial charge in [0.2, 0.25) is 0 Å². The molecule has 0 radical (unpaired) electrons. The SMILES string of the molecule is Cc1cccc(-n2cc(CNC(=O)c3cn4cccc(-n5cc(I)cn5)c4n3)cn2)c1. The Kier molecular flexibility index (Phi) is 5.02.